The number of hydrogen-bond donors (Lipinski definition) is 0. The normalized spacial score (nSPS) is 22.0. The van der Waals surface area contributed by atoms with Gasteiger partial charge in [-0.15, -0.1) is 0 Å². The number of nitriles is 1. The van der Waals surface area contributed by atoms with Crippen LogP contribution in [0.2, 0.25) is 0 Å². The Kier molecular flexibility index (Phi) is 6.95. The van der Waals surface area contributed by atoms with E-state index in [1.807, 2.05) is 30.0 Å². The van der Waals surface area contributed by atoms with Gasteiger partial charge in [0.1, 0.15) is 5.75 Å². The van der Waals surface area contributed by atoms with Gasteiger partial charge in [-0.25, -0.2) is 0 Å². The molecule has 35 heavy (non-hydrogen) atoms. The van der Waals surface area contributed by atoms with E-state index in [9.17, 15) is 18.0 Å². The molecule has 0 N–H and O–H groups in total. The predicted octanol–water partition coefficient (Wildman–Crippen LogP) is 4.27. The number of nitrogens with zero attached hydrogens (tertiary/aromatic N) is 3. The molecule has 0 radical (unpaired) electrons. The van der Waals surface area contributed by atoms with Crippen molar-refractivity contribution < 1.29 is 27.4 Å². The number of halogens is 3. The highest BCUT2D eigenvalue weighted by atomic mass is 19.4. The number of hydrogen-bond acceptors (Lipinski definition) is 5. The monoisotopic (exact) mass is 487 g/mol. The number of rotatable bonds is 6. The van der Waals surface area contributed by atoms with Crippen LogP contribution in [-0.2, 0) is 15.7 Å². The average Bonchev–Trinajstić information content (AvgIpc) is 3.20. The van der Waals surface area contributed by atoms with Gasteiger partial charge in [0.25, 0.3) is 5.91 Å². The van der Waals surface area contributed by atoms with Crippen molar-refractivity contribution in [1.29, 1.82) is 5.26 Å². The summed E-state index contributed by atoms with van der Waals surface area (Å²) in [6.45, 7) is 4.28. The summed E-state index contributed by atoms with van der Waals surface area (Å²) in [5.74, 6) is 0.666. The number of aryl methyl sites for hydroxylation is 1. The van der Waals surface area contributed by atoms with Gasteiger partial charge in [0.15, 0.2) is 6.61 Å². The minimum atomic E-state index is -4.61. The first kappa shape index (κ1) is 24.9. The quantitative estimate of drug-likeness (QED) is 0.609. The minimum Gasteiger partial charge on any atom is -0.484 e. The zero-order valence-corrected chi connectivity index (χ0v) is 19.8. The van der Waals surface area contributed by atoms with E-state index in [4.69, 9.17) is 14.7 Å². The third-order valence-corrected chi connectivity index (χ3v) is 7.00. The topological polar surface area (TPSA) is 65.8 Å². The highest BCUT2D eigenvalue weighted by molar-refractivity contribution is 5.78. The standard InChI is InChI=1S/C26H28F3N3O3/c1-18-4-3-5-22(10-18)35-14-24(33)31-9-8-20-13-32(16-25(20,15-31)17-34-2)21-7-6-19(12-30)23(11-21)26(27,28)29/h3-7,10-11,20H,8-9,13-17H2,1-2H3. The Balaban J connectivity index is 1.50. The first-order valence-electron chi connectivity index (χ1n) is 11.5. The summed E-state index contributed by atoms with van der Waals surface area (Å²) in [5.41, 5.74) is -0.273. The number of carbonyl (C=O) groups excluding carboxylic acids is 1. The van der Waals surface area contributed by atoms with Crippen LogP contribution < -0.4 is 9.64 Å². The Morgan fingerprint density at radius 2 is 2.03 bits per heavy atom. The fourth-order valence-electron chi connectivity index (χ4n) is 5.29. The lowest BCUT2D eigenvalue weighted by Gasteiger charge is -2.43. The van der Waals surface area contributed by atoms with Crippen molar-refractivity contribution in [3.8, 4) is 11.8 Å². The van der Waals surface area contributed by atoms with Gasteiger partial charge in [-0.05, 0) is 55.2 Å². The molecule has 2 aromatic carbocycles. The van der Waals surface area contributed by atoms with Gasteiger partial charge in [0, 0.05) is 44.4 Å². The second-order valence-corrected chi connectivity index (χ2v) is 9.42. The molecule has 6 nitrogen and oxygen atoms in total. The van der Waals surface area contributed by atoms with E-state index in [0.29, 0.717) is 44.2 Å². The van der Waals surface area contributed by atoms with Crippen LogP contribution in [0.1, 0.15) is 23.1 Å². The number of carbonyl (C=O) groups is 1. The summed E-state index contributed by atoms with van der Waals surface area (Å²) in [6.07, 6.45) is -3.89. The molecule has 2 saturated heterocycles. The van der Waals surface area contributed by atoms with Gasteiger partial charge in [0.05, 0.1) is 23.8 Å². The fourth-order valence-corrected chi connectivity index (χ4v) is 5.29. The average molecular weight is 488 g/mol. The molecule has 1 amide bonds. The lowest BCUT2D eigenvalue weighted by atomic mass is 9.74. The molecule has 4 rings (SSSR count). The number of benzene rings is 2. The van der Waals surface area contributed by atoms with Crippen LogP contribution in [-0.4, -0.2) is 57.3 Å². The van der Waals surface area contributed by atoms with Crippen LogP contribution in [0, 0.1) is 29.6 Å². The van der Waals surface area contributed by atoms with E-state index in [-0.39, 0.29) is 18.4 Å². The van der Waals surface area contributed by atoms with Crippen molar-refractivity contribution in [1.82, 2.24) is 4.90 Å². The highest BCUT2D eigenvalue weighted by Gasteiger charge is 2.51. The van der Waals surface area contributed by atoms with Crippen molar-refractivity contribution in [2.24, 2.45) is 11.3 Å². The van der Waals surface area contributed by atoms with Gasteiger partial charge < -0.3 is 19.3 Å². The summed E-state index contributed by atoms with van der Waals surface area (Å²) < 4.78 is 51.8. The molecule has 2 aromatic rings. The van der Waals surface area contributed by atoms with Crippen molar-refractivity contribution in [2.75, 3.05) is 51.4 Å². The van der Waals surface area contributed by atoms with Crippen LogP contribution >= 0.6 is 0 Å². The zero-order chi connectivity index (χ0) is 25.2. The van der Waals surface area contributed by atoms with E-state index < -0.39 is 22.7 Å². The summed E-state index contributed by atoms with van der Waals surface area (Å²) in [5, 5.41) is 9.10. The molecule has 2 atom stereocenters. The Hall–Kier alpha value is -3.25. The van der Waals surface area contributed by atoms with Crippen LogP contribution in [0.25, 0.3) is 0 Å². The molecular formula is C26H28F3N3O3. The van der Waals surface area contributed by atoms with Gasteiger partial charge in [0.2, 0.25) is 0 Å². The maximum atomic E-state index is 13.5. The van der Waals surface area contributed by atoms with Gasteiger partial charge >= 0.3 is 6.18 Å². The molecule has 2 fully saturated rings. The number of amides is 1. The molecule has 2 heterocycles. The fraction of sp³-hybridized carbons (Fsp3) is 0.462. The SMILES string of the molecule is COCC12CN(C(=O)COc3cccc(C)c3)CCC1CN(c1ccc(C#N)c(C(F)(F)F)c1)C2. The van der Waals surface area contributed by atoms with Gasteiger partial charge in [-0.1, -0.05) is 12.1 Å². The van der Waals surface area contributed by atoms with Crippen LogP contribution in [0.15, 0.2) is 42.5 Å². The van der Waals surface area contributed by atoms with E-state index in [1.165, 1.54) is 6.07 Å². The smallest absolute Gasteiger partial charge is 0.417 e. The number of alkyl halides is 3. The number of anilines is 1. The second-order valence-electron chi connectivity index (χ2n) is 9.42. The lowest BCUT2D eigenvalue weighted by Crippen LogP contribution is -2.53. The maximum Gasteiger partial charge on any atom is 0.417 e. The van der Waals surface area contributed by atoms with E-state index >= 15 is 0 Å². The van der Waals surface area contributed by atoms with E-state index in [2.05, 4.69) is 0 Å². The van der Waals surface area contributed by atoms with Crippen molar-refractivity contribution in [3.63, 3.8) is 0 Å². The van der Waals surface area contributed by atoms with Gasteiger partial charge in [-0.2, -0.15) is 18.4 Å². The molecule has 2 aliphatic rings. The lowest BCUT2D eigenvalue weighted by molar-refractivity contribution is -0.139. The molecule has 0 aliphatic carbocycles. The largest absolute Gasteiger partial charge is 0.484 e. The molecule has 9 heteroatoms. The summed E-state index contributed by atoms with van der Waals surface area (Å²) in [6, 6.07) is 13.0. The molecule has 186 valence electrons. The zero-order valence-electron chi connectivity index (χ0n) is 19.8. The Labute approximate surface area is 202 Å². The highest BCUT2D eigenvalue weighted by Crippen LogP contribution is 2.45. The summed E-state index contributed by atoms with van der Waals surface area (Å²) >= 11 is 0. The van der Waals surface area contributed by atoms with Crippen LogP contribution in [0.4, 0.5) is 18.9 Å². The Morgan fingerprint density at radius 3 is 2.71 bits per heavy atom. The van der Waals surface area contributed by atoms with Crippen molar-refractivity contribution in [3.05, 3.63) is 59.2 Å². The van der Waals surface area contributed by atoms with Crippen molar-refractivity contribution in [2.45, 2.75) is 19.5 Å². The molecule has 2 unspecified atom stereocenters. The molecule has 0 saturated carbocycles. The molecular weight excluding hydrogens is 459 g/mol. The summed E-state index contributed by atoms with van der Waals surface area (Å²) in [7, 11) is 1.60. The number of fused-ring (bicyclic) bond motifs is 1. The minimum absolute atomic E-state index is 0.0779. The number of ether oxygens (including phenoxy) is 2. The molecule has 0 bridgehead atoms. The molecule has 2 aliphatic heterocycles. The van der Waals surface area contributed by atoms with Gasteiger partial charge in [-0.3, -0.25) is 4.79 Å². The third-order valence-electron chi connectivity index (χ3n) is 7.00. The van der Waals surface area contributed by atoms with Crippen LogP contribution in [0.5, 0.6) is 5.75 Å². The maximum absolute atomic E-state index is 13.5. The molecule has 0 aromatic heterocycles. The van der Waals surface area contributed by atoms with Crippen molar-refractivity contribution >= 4 is 11.6 Å². The third kappa shape index (κ3) is 5.22. The number of methoxy groups -OCH3 is 1. The molecule has 0 spiro atoms. The van der Waals surface area contributed by atoms with E-state index in [0.717, 1.165) is 18.1 Å². The van der Waals surface area contributed by atoms with E-state index in [1.54, 1.807) is 30.2 Å². The Morgan fingerprint density at radius 1 is 1.23 bits per heavy atom. The predicted molar refractivity (Wildman–Crippen MR) is 124 cm³/mol. The second kappa shape index (κ2) is 9.78. The Bertz CT molecular complexity index is 1130. The number of likely N-dealkylation sites (tertiary alicyclic amines) is 1. The first-order chi connectivity index (χ1) is 16.6. The van der Waals surface area contributed by atoms with Crippen LogP contribution in [0.3, 0.4) is 0 Å². The first-order valence-corrected chi connectivity index (χ1v) is 11.5. The number of piperidine rings is 1. The summed E-state index contributed by atoms with van der Waals surface area (Å²) in [4.78, 5) is 16.6.